The Morgan fingerprint density at radius 2 is 1.62 bits per heavy atom. The summed E-state index contributed by atoms with van der Waals surface area (Å²) in [6.45, 7) is 9.29. The molecule has 0 aromatic rings. The van der Waals surface area contributed by atoms with E-state index in [0.29, 0.717) is 0 Å². The molecule has 0 radical (unpaired) electrons. The monoisotopic (exact) mass is 223 g/mol. The summed E-state index contributed by atoms with van der Waals surface area (Å²) in [5, 5.41) is 3.38. The highest BCUT2D eigenvalue weighted by molar-refractivity contribution is 4.87. The van der Waals surface area contributed by atoms with Crippen molar-refractivity contribution in [1.29, 1.82) is 0 Å². The van der Waals surface area contributed by atoms with Gasteiger partial charge in [-0.1, -0.05) is 0 Å². The number of piperidine rings is 1. The third-order valence-electron chi connectivity index (χ3n) is 4.64. The van der Waals surface area contributed by atoms with Gasteiger partial charge in [-0.15, -0.1) is 0 Å². The minimum Gasteiger partial charge on any atom is -0.314 e. The van der Waals surface area contributed by atoms with Crippen molar-refractivity contribution < 1.29 is 0 Å². The highest BCUT2D eigenvalue weighted by Gasteiger charge is 2.29. The highest BCUT2D eigenvalue weighted by Crippen LogP contribution is 2.22. The molecule has 0 amide bonds. The number of nitrogens with zero attached hydrogens (tertiary/aromatic N) is 2. The maximum absolute atomic E-state index is 3.38. The molecular formula is C13H25N3. The van der Waals surface area contributed by atoms with Gasteiger partial charge in [0.2, 0.25) is 0 Å². The molecule has 3 heterocycles. The number of nitrogens with one attached hydrogen (secondary N) is 1. The van der Waals surface area contributed by atoms with Crippen LogP contribution in [0.15, 0.2) is 0 Å². The van der Waals surface area contributed by atoms with Gasteiger partial charge >= 0.3 is 0 Å². The maximum atomic E-state index is 3.38. The molecule has 3 aliphatic heterocycles. The summed E-state index contributed by atoms with van der Waals surface area (Å²) < 4.78 is 0. The van der Waals surface area contributed by atoms with Crippen molar-refractivity contribution >= 4 is 0 Å². The van der Waals surface area contributed by atoms with E-state index in [4.69, 9.17) is 0 Å². The summed E-state index contributed by atoms with van der Waals surface area (Å²) in [5.74, 6) is 0.988. The molecule has 3 fully saturated rings. The molecule has 0 aromatic heterocycles. The predicted molar refractivity (Wildman–Crippen MR) is 66.6 cm³/mol. The summed E-state index contributed by atoms with van der Waals surface area (Å²) in [4.78, 5) is 5.39. The van der Waals surface area contributed by atoms with Crippen LogP contribution in [-0.4, -0.2) is 61.7 Å². The second-order valence-corrected chi connectivity index (χ2v) is 5.80. The Labute approximate surface area is 99.2 Å². The van der Waals surface area contributed by atoms with Crippen LogP contribution in [0.2, 0.25) is 0 Å². The lowest BCUT2D eigenvalue weighted by Crippen LogP contribution is -2.59. The SMILES string of the molecule is C1CCN(CC2CCN(C3CNC3)CC2)C1. The van der Waals surface area contributed by atoms with Gasteiger partial charge in [0.1, 0.15) is 0 Å². The van der Waals surface area contributed by atoms with Gasteiger partial charge in [0, 0.05) is 25.7 Å². The van der Waals surface area contributed by atoms with Crippen molar-refractivity contribution in [2.24, 2.45) is 5.92 Å². The maximum Gasteiger partial charge on any atom is 0.0345 e. The molecule has 3 rings (SSSR count). The zero-order chi connectivity index (χ0) is 10.8. The Bertz CT molecular complexity index is 213. The van der Waals surface area contributed by atoms with Crippen molar-refractivity contribution in [3.8, 4) is 0 Å². The second kappa shape index (κ2) is 5.03. The van der Waals surface area contributed by atoms with Crippen molar-refractivity contribution in [3.05, 3.63) is 0 Å². The molecule has 3 aliphatic rings. The zero-order valence-electron chi connectivity index (χ0n) is 10.3. The smallest absolute Gasteiger partial charge is 0.0345 e. The Morgan fingerprint density at radius 3 is 2.19 bits per heavy atom. The molecule has 3 saturated heterocycles. The largest absolute Gasteiger partial charge is 0.314 e. The summed E-state index contributed by atoms with van der Waals surface area (Å²) in [7, 11) is 0. The van der Waals surface area contributed by atoms with E-state index in [-0.39, 0.29) is 0 Å². The third kappa shape index (κ3) is 2.41. The first-order valence-electron chi connectivity index (χ1n) is 7.09. The molecule has 16 heavy (non-hydrogen) atoms. The molecule has 1 N–H and O–H groups in total. The van der Waals surface area contributed by atoms with Crippen molar-refractivity contribution in [1.82, 2.24) is 15.1 Å². The van der Waals surface area contributed by atoms with Gasteiger partial charge in [-0.25, -0.2) is 0 Å². The molecule has 3 nitrogen and oxygen atoms in total. The Morgan fingerprint density at radius 1 is 0.938 bits per heavy atom. The third-order valence-corrected chi connectivity index (χ3v) is 4.64. The topological polar surface area (TPSA) is 18.5 Å². The summed E-state index contributed by atoms with van der Waals surface area (Å²) in [6.07, 6.45) is 5.75. The summed E-state index contributed by atoms with van der Waals surface area (Å²) in [5.41, 5.74) is 0. The van der Waals surface area contributed by atoms with Crippen LogP contribution in [0, 0.1) is 5.92 Å². The molecule has 3 heteroatoms. The number of likely N-dealkylation sites (tertiary alicyclic amines) is 2. The minimum atomic E-state index is 0.868. The van der Waals surface area contributed by atoms with Crippen molar-refractivity contribution in [3.63, 3.8) is 0 Å². The molecule has 0 saturated carbocycles. The summed E-state index contributed by atoms with van der Waals surface area (Å²) in [6, 6.07) is 0.868. The molecule has 0 spiro atoms. The Kier molecular flexibility index (Phi) is 3.46. The van der Waals surface area contributed by atoms with Crippen molar-refractivity contribution in [2.75, 3.05) is 45.8 Å². The number of hydrogen-bond acceptors (Lipinski definition) is 3. The van der Waals surface area contributed by atoms with Gasteiger partial charge in [-0.05, 0) is 57.8 Å². The fraction of sp³-hybridized carbons (Fsp3) is 1.00. The molecular weight excluding hydrogens is 198 g/mol. The average molecular weight is 223 g/mol. The lowest BCUT2D eigenvalue weighted by atomic mass is 9.94. The molecule has 92 valence electrons. The van der Waals surface area contributed by atoms with Crippen molar-refractivity contribution in [2.45, 2.75) is 31.7 Å². The van der Waals surface area contributed by atoms with Gasteiger partial charge in [-0.3, -0.25) is 4.90 Å². The Hall–Kier alpha value is -0.120. The van der Waals surface area contributed by atoms with Gasteiger partial charge < -0.3 is 10.2 Å². The van der Waals surface area contributed by atoms with Crippen LogP contribution in [0.4, 0.5) is 0 Å². The lowest BCUT2D eigenvalue weighted by Gasteiger charge is -2.42. The van der Waals surface area contributed by atoms with E-state index in [2.05, 4.69) is 15.1 Å². The van der Waals surface area contributed by atoms with Gasteiger partial charge in [0.15, 0.2) is 0 Å². The summed E-state index contributed by atoms with van der Waals surface area (Å²) >= 11 is 0. The average Bonchev–Trinajstić information content (AvgIpc) is 2.71. The van der Waals surface area contributed by atoms with Crippen LogP contribution in [0.3, 0.4) is 0 Å². The van der Waals surface area contributed by atoms with Gasteiger partial charge in [-0.2, -0.15) is 0 Å². The van der Waals surface area contributed by atoms with E-state index in [1.54, 1.807) is 0 Å². The number of rotatable bonds is 3. The van der Waals surface area contributed by atoms with Gasteiger partial charge in [0.05, 0.1) is 0 Å². The fourth-order valence-electron chi connectivity index (χ4n) is 3.36. The highest BCUT2D eigenvalue weighted by atomic mass is 15.2. The second-order valence-electron chi connectivity index (χ2n) is 5.80. The first kappa shape index (κ1) is 11.0. The van der Waals surface area contributed by atoms with Crippen LogP contribution in [0.1, 0.15) is 25.7 Å². The first-order valence-corrected chi connectivity index (χ1v) is 7.09. The fourth-order valence-corrected chi connectivity index (χ4v) is 3.36. The van der Waals surface area contributed by atoms with Gasteiger partial charge in [0.25, 0.3) is 0 Å². The van der Waals surface area contributed by atoms with Crippen LogP contribution < -0.4 is 5.32 Å². The minimum absolute atomic E-state index is 0.868. The molecule has 0 unspecified atom stereocenters. The van der Waals surface area contributed by atoms with E-state index in [1.165, 1.54) is 71.5 Å². The van der Waals surface area contributed by atoms with E-state index in [1.807, 2.05) is 0 Å². The van der Waals surface area contributed by atoms with E-state index in [9.17, 15) is 0 Å². The standard InChI is InChI=1S/C13H25N3/c1-2-6-15(5-1)11-12-3-7-16(8-4-12)13-9-14-10-13/h12-14H,1-11H2. The predicted octanol–water partition coefficient (Wildman–Crippen LogP) is 0.766. The molecule has 0 atom stereocenters. The van der Waals surface area contributed by atoms with E-state index in [0.717, 1.165) is 12.0 Å². The quantitative estimate of drug-likeness (QED) is 0.762. The van der Waals surface area contributed by atoms with Crippen LogP contribution in [0.5, 0.6) is 0 Å². The van der Waals surface area contributed by atoms with Crippen LogP contribution in [0.25, 0.3) is 0 Å². The normalized spacial score (nSPS) is 30.8. The first-order chi connectivity index (χ1) is 7.92. The molecule has 0 aliphatic carbocycles. The number of hydrogen-bond donors (Lipinski definition) is 1. The zero-order valence-corrected chi connectivity index (χ0v) is 10.3. The molecule has 0 aromatic carbocycles. The van der Waals surface area contributed by atoms with E-state index >= 15 is 0 Å². The van der Waals surface area contributed by atoms with E-state index < -0.39 is 0 Å². The Balaban J connectivity index is 1.39. The van der Waals surface area contributed by atoms with Crippen LogP contribution >= 0.6 is 0 Å². The lowest BCUT2D eigenvalue weighted by molar-refractivity contribution is 0.0880. The molecule has 0 bridgehead atoms. The van der Waals surface area contributed by atoms with Crippen LogP contribution in [-0.2, 0) is 0 Å².